The maximum Gasteiger partial charge on any atom is 0.229 e. The van der Waals surface area contributed by atoms with Crippen molar-refractivity contribution in [3.63, 3.8) is 0 Å². The summed E-state index contributed by atoms with van der Waals surface area (Å²) in [4.78, 5) is 15.1. The molecule has 1 aromatic heterocycles. The van der Waals surface area contributed by atoms with Crippen LogP contribution in [0.2, 0.25) is 5.02 Å². The smallest absolute Gasteiger partial charge is 0.229 e. The maximum absolute atomic E-state index is 13.1. The molecule has 0 N–H and O–H groups in total. The number of halogens is 1. The lowest BCUT2D eigenvalue weighted by Gasteiger charge is -2.31. The summed E-state index contributed by atoms with van der Waals surface area (Å²) >= 11 is 6.08. The van der Waals surface area contributed by atoms with Gasteiger partial charge in [-0.25, -0.2) is 0 Å². The van der Waals surface area contributed by atoms with Crippen LogP contribution in [0.25, 0.3) is 0 Å². The normalized spacial score (nSPS) is 23.0. The zero-order valence-electron chi connectivity index (χ0n) is 13.6. The number of hydrogen-bond acceptors (Lipinski definition) is 3. The molecule has 1 saturated heterocycles. The van der Waals surface area contributed by atoms with Gasteiger partial charge in [0.15, 0.2) is 0 Å². The van der Waals surface area contributed by atoms with Crippen LogP contribution in [0.1, 0.15) is 30.0 Å². The van der Waals surface area contributed by atoms with E-state index in [1.54, 1.807) is 4.68 Å². The molecule has 0 radical (unpaired) electrons. The van der Waals surface area contributed by atoms with Gasteiger partial charge in [0.2, 0.25) is 5.91 Å². The molecule has 1 amide bonds. The fourth-order valence-corrected chi connectivity index (χ4v) is 3.94. The summed E-state index contributed by atoms with van der Waals surface area (Å²) < 4.78 is 7.58. The molecule has 0 aliphatic carbocycles. The highest BCUT2D eigenvalue weighted by Crippen LogP contribution is 2.35. The van der Waals surface area contributed by atoms with Gasteiger partial charge in [-0.3, -0.25) is 9.48 Å². The fraction of sp³-hybridized carbons (Fsp3) is 0.444. The van der Waals surface area contributed by atoms with E-state index in [0.717, 1.165) is 36.3 Å². The number of benzene rings is 1. The first-order valence-corrected chi connectivity index (χ1v) is 8.70. The van der Waals surface area contributed by atoms with Crippen molar-refractivity contribution in [1.82, 2.24) is 14.7 Å². The van der Waals surface area contributed by atoms with E-state index in [0.29, 0.717) is 18.1 Å². The number of likely N-dealkylation sites (tertiary alicyclic amines) is 1. The van der Waals surface area contributed by atoms with Gasteiger partial charge in [0.25, 0.3) is 0 Å². The molecular formula is C18H20ClN3O2. The van der Waals surface area contributed by atoms with E-state index < -0.39 is 0 Å². The van der Waals surface area contributed by atoms with Crippen molar-refractivity contribution in [2.24, 2.45) is 13.0 Å². The average Bonchev–Trinajstić information content (AvgIpc) is 3.22. The molecular weight excluding hydrogens is 326 g/mol. The Bertz CT molecular complexity index is 773. The predicted molar refractivity (Wildman–Crippen MR) is 91.0 cm³/mol. The zero-order chi connectivity index (χ0) is 16.7. The van der Waals surface area contributed by atoms with Gasteiger partial charge in [0.05, 0.1) is 18.2 Å². The molecule has 0 spiro atoms. The lowest BCUT2D eigenvalue weighted by atomic mass is 9.95. The van der Waals surface area contributed by atoms with Gasteiger partial charge >= 0.3 is 0 Å². The second-order valence-electron chi connectivity index (χ2n) is 6.60. The predicted octanol–water partition coefficient (Wildman–Crippen LogP) is 2.99. The molecule has 2 aromatic rings. The molecule has 2 aliphatic rings. The average molecular weight is 346 g/mol. The van der Waals surface area contributed by atoms with Crippen LogP contribution >= 0.6 is 11.6 Å². The largest absolute Gasteiger partial charge is 0.492 e. The topological polar surface area (TPSA) is 47.4 Å². The summed E-state index contributed by atoms with van der Waals surface area (Å²) in [5.74, 6) is 0.869. The molecule has 0 saturated carbocycles. The minimum absolute atomic E-state index is 0.131. The van der Waals surface area contributed by atoms with Gasteiger partial charge < -0.3 is 9.64 Å². The van der Waals surface area contributed by atoms with E-state index in [9.17, 15) is 4.79 Å². The summed E-state index contributed by atoms with van der Waals surface area (Å²) in [7, 11) is 1.90. The number of hydrogen-bond donors (Lipinski definition) is 0. The van der Waals surface area contributed by atoms with Crippen LogP contribution in [-0.2, 0) is 18.3 Å². The van der Waals surface area contributed by atoms with Crippen LogP contribution in [0.4, 0.5) is 0 Å². The number of carbonyl (C=O) groups is 1. The van der Waals surface area contributed by atoms with Crippen LogP contribution in [0, 0.1) is 5.92 Å². The SMILES string of the molecule is Cn1cc([C@@H]2CCCN2C(=O)[C@H]2COc3ccc(Cl)cc3C2)cn1. The standard InChI is InChI=1S/C18H20ClN3O2/c1-21-10-14(9-20-21)16-3-2-6-22(16)18(23)13-7-12-8-15(19)4-5-17(12)24-11-13/h4-5,8-10,13,16H,2-3,6-7,11H2,1H3/t13-,16+/m1/s1. The van der Waals surface area contributed by atoms with E-state index >= 15 is 0 Å². The van der Waals surface area contributed by atoms with Crippen molar-refractivity contribution in [3.05, 3.63) is 46.7 Å². The Hall–Kier alpha value is -2.01. The molecule has 4 rings (SSSR count). The number of fused-ring (bicyclic) bond motifs is 1. The van der Waals surface area contributed by atoms with Gasteiger partial charge in [-0.1, -0.05) is 11.6 Å². The molecule has 0 unspecified atom stereocenters. The first kappa shape index (κ1) is 15.5. The third-order valence-corrected chi connectivity index (χ3v) is 5.16. The summed E-state index contributed by atoms with van der Waals surface area (Å²) in [6.07, 6.45) is 6.57. The first-order chi connectivity index (χ1) is 11.6. The first-order valence-electron chi connectivity index (χ1n) is 8.32. The molecule has 126 valence electrons. The van der Waals surface area contributed by atoms with Gasteiger partial charge in [-0.2, -0.15) is 5.10 Å². The van der Waals surface area contributed by atoms with Crippen LogP contribution in [-0.4, -0.2) is 33.7 Å². The molecule has 5 nitrogen and oxygen atoms in total. The Balaban J connectivity index is 1.53. The van der Waals surface area contributed by atoms with Gasteiger partial charge in [-0.05, 0) is 43.0 Å². The van der Waals surface area contributed by atoms with E-state index in [1.807, 2.05) is 42.5 Å². The van der Waals surface area contributed by atoms with E-state index in [1.165, 1.54) is 0 Å². The fourth-order valence-electron chi connectivity index (χ4n) is 3.75. The lowest BCUT2D eigenvalue weighted by Crippen LogP contribution is -2.40. The minimum atomic E-state index is -0.145. The summed E-state index contributed by atoms with van der Waals surface area (Å²) in [5.41, 5.74) is 2.13. The minimum Gasteiger partial charge on any atom is -0.492 e. The summed E-state index contributed by atoms with van der Waals surface area (Å²) in [6.45, 7) is 1.24. The maximum atomic E-state index is 13.1. The van der Waals surface area contributed by atoms with Crippen LogP contribution in [0.5, 0.6) is 5.75 Å². The Morgan fingerprint density at radius 2 is 2.29 bits per heavy atom. The molecule has 6 heteroatoms. The Labute approximate surface area is 146 Å². The third-order valence-electron chi connectivity index (χ3n) is 4.92. The highest BCUT2D eigenvalue weighted by molar-refractivity contribution is 6.30. The van der Waals surface area contributed by atoms with Crippen LogP contribution in [0.15, 0.2) is 30.6 Å². The summed E-state index contributed by atoms with van der Waals surface area (Å²) in [5, 5.41) is 4.93. The van der Waals surface area contributed by atoms with E-state index in [4.69, 9.17) is 16.3 Å². The molecule has 0 bridgehead atoms. The summed E-state index contributed by atoms with van der Waals surface area (Å²) in [6, 6.07) is 5.74. The monoisotopic (exact) mass is 345 g/mol. The number of ether oxygens (including phenoxy) is 1. The van der Waals surface area contributed by atoms with Crippen molar-refractivity contribution >= 4 is 17.5 Å². The van der Waals surface area contributed by atoms with E-state index in [2.05, 4.69) is 5.10 Å². The highest BCUT2D eigenvalue weighted by Gasteiger charge is 2.36. The van der Waals surface area contributed by atoms with Crippen molar-refractivity contribution in [3.8, 4) is 5.75 Å². The third kappa shape index (κ3) is 2.77. The molecule has 2 aliphatic heterocycles. The quantitative estimate of drug-likeness (QED) is 0.840. The van der Waals surface area contributed by atoms with Crippen LogP contribution in [0.3, 0.4) is 0 Å². The Kier molecular flexibility index (Phi) is 3.96. The number of carbonyl (C=O) groups excluding carboxylic acids is 1. The second kappa shape index (κ2) is 6.13. The number of aromatic nitrogens is 2. The van der Waals surface area contributed by atoms with Crippen molar-refractivity contribution < 1.29 is 9.53 Å². The van der Waals surface area contributed by atoms with Gasteiger partial charge in [0.1, 0.15) is 12.4 Å². The van der Waals surface area contributed by atoms with Crippen molar-refractivity contribution in [1.29, 1.82) is 0 Å². The van der Waals surface area contributed by atoms with Crippen molar-refractivity contribution in [2.45, 2.75) is 25.3 Å². The molecule has 3 heterocycles. The number of aryl methyl sites for hydroxylation is 1. The van der Waals surface area contributed by atoms with Crippen molar-refractivity contribution in [2.75, 3.05) is 13.2 Å². The zero-order valence-corrected chi connectivity index (χ0v) is 14.4. The van der Waals surface area contributed by atoms with E-state index in [-0.39, 0.29) is 17.9 Å². The molecule has 1 aromatic carbocycles. The number of nitrogens with zero attached hydrogens (tertiary/aromatic N) is 3. The van der Waals surface area contributed by atoms with Gasteiger partial charge in [-0.15, -0.1) is 0 Å². The molecule has 2 atom stereocenters. The lowest BCUT2D eigenvalue weighted by molar-refractivity contribution is -0.137. The second-order valence-corrected chi connectivity index (χ2v) is 7.04. The number of rotatable bonds is 2. The molecule has 24 heavy (non-hydrogen) atoms. The Morgan fingerprint density at radius 1 is 1.42 bits per heavy atom. The molecule has 1 fully saturated rings. The van der Waals surface area contributed by atoms with Gasteiger partial charge in [0, 0.05) is 30.4 Å². The Morgan fingerprint density at radius 3 is 3.08 bits per heavy atom. The van der Waals surface area contributed by atoms with Crippen LogP contribution < -0.4 is 4.74 Å². The number of amides is 1. The highest BCUT2D eigenvalue weighted by atomic mass is 35.5.